The van der Waals surface area contributed by atoms with Gasteiger partial charge in [0.1, 0.15) is 23.1 Å². The maximum atomic E-state index is 13.6. The van der Waals surface area contributed by atoms with E-state index in [1.165, 1.54) is 6.07 Å². The molecule has 0 saturated heterocycles. The molecule has 0 spiro atoms. The highest BCUT2D eigenvalue weighted by molar-refractivity contribution is 6.02. The van der Waals surface area contributed by atoms with Crippen molar-refractivity contribution >= 4 is 28.4 Å². The summed E-state index contributed by atoms with van der Waals surface area (Å²) < 4.78 is 15.5. The quantitative estimate of drug-likeness (QED) is 0.452. The number of aliphatic hydroxyl groups is 1. The number of aromatic nitrogens is 3. The normalized spacial score (nSPS) is 12.2. The minimum atomic E-state index is -1.48. The molecule has 4 N–H and O–H groups in total. The molecule has 2 aromatic heterocycles. The molecule has 164 valence electrons. The molecule has 32 heavy (non-hydrogen) atoms. The topological polar surface area (TPSA) is 106 Å². The molecule has 0 aliphatic heterocycles. The lowest BCUT2D eigenvalue weighted by Crippen LogP contribution is -2.21. The van der Waals surface area contributed by atoms with Crippen LogP contribution in [0.4, 0.5) is 15.9 Å². The molecule has 0 fully saturated rings. The van der Waals surface area contributed by atoms with E-state index in [9.17, 15) is 14.3 Å². The van der Waals surface area contributed by atoms with Gasteiger partial charge in [-0.25, -0.2) is 14.4 Å². The SMILES string of the molecule is Cc1cc(F)cc(C(O)C(=O)Nc2ccc(-c3cn(C)c4nc(C)nc(N)c34)c(C)c2)c1. The second-order valence-corrected chi connectivity index (χ2v) is 7.99. The van der Waals surface area contributed by atoms with E-state index in [2.05, 4.69) is 15.3 Å². The van der Waals surface area contributed by atoms with Gasteiger partial charge in [0.15, 0.2) is 6.10 Å². The predicted octanol–water partition coefficient (Wildman–Crippen LogP) is 3.95. The largest absolute Gasteiger partial charge is 0.383 e. The maximum absolute atomic E-state index is 13.6. The first-order valence-electron chi connectivity index (χ1n) is 10.1. The number of aliphatic hydroxyl groups excluding tert-OH is 1. The average molecular weight is 433 g/mol. The summed E-state index contributed by atoms with van der Waals surface area (Å²) in [4.78, 5) is 21.3. The van der Waals surface area contributed by atoms with Gasteiger partial charge in [-0.1, -0.05) is 12.1 Å². The third-order valence-corrected chi connectivity index (χ3v) is 5.37. The van der Waals surface area contributed by atoms with Crippen molar-refractivity contribution in [3.05, 3.63) is 70.9 Å². The Morgan fingerprint density at radius 2 is 1.88 bits per heavy atom. The van der Waals surface area contributed by atoms with Crippen molar-refractivity contribution < 1.29 is 14.3 Å². The molecule has 1 amide bonds. The number of aryl methyl sites for hydroxylation is 4. The van der Waals surface area contributed by atoms with Gasteiger partial charge in [-0.15, -0.1) is 0 Å². The summed E-state index contributed by atoms with van der Waals surface area (Å²) in [5.74, 6) is -0.126. The first kappa shape index (κ1) is 21.5. The summed E-state index contributed by atoms with van der Waals surface area (Å²) in [7, 11) is 1.90. The van der Waals surface area contributed by atoms with Gasteiger partial charge in [-0.05, 0) is 67.3 Å². The van der Waals surface area contributed by atoms with Crippen LogP contribution in [0.15, 0.2) is 42.6 Å². The number of amides is 1. The zero-order valence-corrected chi connectivity index (χ0v) is 18.3. The van der Waals surface area contributed by atoms with E-state index in [1.807, 2.05) is 30.8 Å². The average Bonchev–Trinajstić information content (AvgIpc) is 3.03. The number of carbonyl (C=O) groups is 1. The van der Waals surface area contributed by atoms with E-state index < -0.39 is 17.8 Å². The molecule has 2 heterocycles. The number of hydrogen-bond acceptors (Lipinski definition) is 5. The standard InChI is InChI=1S/C24H24FN5O2/c1-12-7-15(10-16(25)8-12)21(31)24(32)29-17-5-6-18(13(2)9-17)19-11-30(4)23-20(19)22(26)27-14(3)28-23/h5-11,21,31H,1-4H3,(H,29,32)(H2,26,27,28). The fourth-order valence-electron chi connectivity index (χ4n) is 3.94. The summed E-state index contributed by atoms with van der Waals surface area (Å²) in [5.41, 5.74) is 11.0. The Bertz CT molecular complexity index is 1340. The van der Waals surface area contributed by atoms with E-state index in [-0.39, 0.29) is 5.56 Å². The van der Waals surface area contributed by atoms with Crippen LogP contribution < -0.4 is 11.1 Å². The molecule has 0 radical (unpaired) electrons. The molecular formula is C24H24FN5O2. The number of anilines is 2. The Morgan fingerprint density at radius 3 is 2.56 bits per heavy atom. The molecule has 8 heteroatoms. The van der Waals surface area contributed by atoms with Crippen molar-refractivity contribution in [2.75, 3.05) is 11.1 Å². The van der Waals surface area contributed by atoms with Crippen LogP contribution in [0.1, 0.15) is 28.6 Å². The van der Waals surface area contributed by atoms with Crippen LogP contribution in [0.25, 0.3) is 22.2 Å². The number of nitrogens with two attached hydrogens (primary N) is 1. The summed E-state index contributed by atoms with van der Waals surface area (Å²) in [6.07, 6.45) is 0.466. The van der Waals surface area contributed by atoms with Crippen molar-refractivity contribution in [1.82, 2.24) is 14.5 Å². The third-order valence-electron chi connectivity index (χ3n) is 5.37. The Kier molecular flexibility index (Phi) is 5.40. The van der Waals surface area contributed by atoms with Gasteiger partial charge in [0.2, 0.25) is 0 Å². The zero-order valence-electron chi connectivity index (χ0n) is 18.3. The van der Waals surface area contributed by atoms with Crippen molar-refractivity contribution in [3.8, 4) is 11.1 Å². The number of nitrogens with zero attached hydrogens (tertiary/aromatic N) is 3. The van der Waals surface area contributed by atoms with Gasteiger partial charge in [0.25, 0.3) is 5.91 Å². The fourth-order valence-corrected chi connectivity index (χ4v) is 3.94. The molecular weight excluding hydrogens is 409 g/mol. The second-order valence-electron chi connectivity index (χ2n) is 7.99. The van der Waals surface area contributed by atoms with Gasteiger partial charge in [0, 0.05) is 24.5 Å². The number of nitrogen functional groups attached to an aromatic ring is 1. The molecule has 7 nitrogen and oxygen atoms in total. The van der Waals surface area contributed by atoms with Gasteiger partial charge < -0.3 is 20.7 Å². The Labute approximate surface area is 184 Å². The van der Waals surface area contributed by atoms with Crippen LogP contribution in [0.3, 0.4) is 0 Å². The van der Waals surface area contributed by atoms with E-state index in [0.717, 1.165) is 33.8 Å². The molecule has 2 aromatic carbocycles. The number of rotatable bonds is 4. The minimum Gasteiger partial charge on any atom is -0.383 e. The molecule has 4 rings (SSSR count). The van der Waals surface area contributed by atoms with E-state index in [0.29, 0.717) is 22.9 Å². The number of hydrogen-bond donors (Lipinski definition) is 3. The van der Waals surface area contributed by atoms with Crippen LogP contribution in [0, 0.1) is 26.6 Å². The van der Waals surface area contributed by atoms with E-state index in [4.69, 9.17) is 5.73 Å². The van der Waals surface area contributed by atoms with Crippen LogP contribution in [-0.4, -0.2) is 25.5 Å². The number of fused-ring (bicyclic) bond motifs is 1. The highest BCUT2D eigenvalue weighted by Crippen LogP contribution is 2.35. The van der Waals surface area contributed by atoms with Crippen molar-refractivity contribution in [3.63, 3.8) is 0 Å². The Balaban J connectivity index is 1.63. The van der Waals surface area contributed by atoms with Crippen molar-refractivity contribution in [1.29, 1.82) is 0 Å². The van der Waals surface area contributed by atoms with Crippen molar-refractivity contribution in [2.24, 2.45) is 7.05 Å². The predicted molar refractivity (Wildman–Crippen MR) is 123 cm³/mol. The minimum absolute atomic E-state index is 0.204. The lowest BCUT2D eigenvalue weighted by atomic mass is 10.00. The molecule has 0 saturated carbocycles. The van der Waals surface area contributed by atoms with Crippen LogP contribution in [0.2, 0.25) is 0 Å². The molecule has 0 bridgehead atoms. The molecule has 0 aliphatic rings. The maximum Gasteiger partial charge on any atom is 0.257 e. The zero-order chi connectivity index (χ0) is 23.2. The summed E-state index contributed by atoms with van der Waals surface area (Å²) in [6.45, 7) is 5.41. The first-order chi connectivity index (χ1) is 15.1. The summed E-state index contributed by atoms with van der Waals surface area (Å²) in [5, 5.41) is 13.8. The summed E-state index contributed by atoms with van der Waals surface area (Å²) >= 11 is 0. The van der Waals surface area contributed by atoms with Crippen LogP contribution in [-0.2, 0) is 11.8 Å². The number of benzene rings is 2. The van der Waals surface area contributed by atoms with Gasteiger partial charge in [0.05, 0.1) is 5.39 Å². The fraction of sp³-hybridized carbons (Fsp3) is 0.208. The van der Waals surface area contributed by atoms with E-state index in [1.54, 1.807) is 32.0 Å². The first-order valence-corrected chi connectivity index (χ1v) is 10.1. The van der Waals surface area contributed by atoms with Gasteiger partial charge in [-0.2, -0.15) is 0 Å². The van der Waals surface area contributed by atoms with Crippen LogP contribution in [0.5, 0.6) is 0 Å². The van der Waals surface area contributed by atoms with Crippen molar-refractivity contribution in [2.45, 2.75) is 26.9 Å². The van der Waals surface area contributed by atoms with Crippen LogP contribution >= 0.6 is 0 Å². The monoisotopic (exact) mass is 433 g/mol. The molecule has 1 atom stereocenters. The molecule has 0 aliphatic carbocycles. The summed E-state index contributed by atoms with van der Waals surface area (Å²) in [6, 6.07) is 9.49. The van der Waals surface area contributed by atoms with E-state index >= 15 is 0 Å². The number of nitrogens with one attached hydrogen (secondary N) is 1. The Morgan fingerprint density at radius 1 is 1.12 bits per heavy atom. The molecule has 1 unspecified atom stereocenters. The smallest absolute Gasteiger partial charge is 0.257 e. The number of halogens is 1. The lowest BCUT2D eigenvalue weighted by molar-refractivity contribution is -0.124. The lowest BCUT2D eigenvalue weighted by Gasteiger charge is -2.14. The van der Waals surface area contributed by atoms with Gasteiger partial charge >= 0.3 is 0 Å². The molecule has 4 aromatic rings. The highest BCUT2D eigenvalue weighted by Gasteiger charge is 2.20. The third kappa shape index (κ3) is 3.92. The Hall–Kier alpha value is -3.78. The van der Waals surface area contributed by atoms with Gasteiger partial charge in [-0.3, -0.25) is 4.79 Å². The number of carbonyl (C=O) groups excluding carboxylic acids is 1. The second kappa shape index (κ2) is 8.05. The highest BCUT2D eigenvalue weighted by atomic mass is 19.1.